The molecule has 0 spiro atoms. The number of rotatable bonds is 5. The van der Waals surface area contributed by atoms with E-state index in [0.29, 0.717) is 19.4 Å². The standard InChI is InChI=1S/C16H24N2O2/c1-3-16(20,4-2)11-18-15(19)13-7-5-9-14-12(13)8-6-10-17-14/h5,7,9,17,20H,3-4,6,8,10-11H2,1-2H3,(H,18,19). The molecule has 0 saturated heterocycles. The molecule has 0 unspecified atom stereocenters. The minimum Gasteiger partial charge on any atom is -0.388 e. The summed E-state index contributed by atoms with van der Waals surface area (Å²) in [5.41, 5.74) is 2.07. The van der Waals surface area contributed by atoms with Crippen LogP contribution < -0.4 is 10.6 Å². The van der Waals surface area contributed by atoms with Crippen molar-refractivity contribution in [2.24, 2.45) is 0 Å². The third kappa shape index (κ3) is 3.12. The van der Waals surface area contributed by atoms with E-state index in [9.17, 15) is 9.90 Å². The highest BCUT2D eigenvalue weighted by atomic mass is 16.3. The van der Waals surface area contributed by atoms with E-state index in [1.165, 1.54) is 0 Å². The van der Waals surface area contributed by atoms with Crippen molar-refractivity contribution in [2.45, 2.75) is 45.1 Å². The van der Waals surface area contributed by atoms with Crippen LogP contribution in [0.1, 0.15) is 49.0 Å². The molecule has 1 aliphatic rings. The molecule has 1 aromatic rings. The Morgan fingerprint density at radius 1 is 1.40 bits per heavy atom. The fourth-order valence-corrected chi connectivity index (χ4v) is 2.56. The number of anilines is 1. The normalized spacial score (nSPS) is 14.3. The van der Waals surface area contributed by atoms with Gasteiger partial charge in [-0.1, -0.05) is 19.9 Å². The summed E-state index contributed by atoms with van der Waals surface area (Å²) in [6.07, 6.45) is 3.25. The number of carbonyl (C=O) groups is 1. The zero-order valence-corrected chi connectivity index (χ0v) is 12.3. The maximum atomic E-state index is 12.3. The number of hydrogen-bond acceptors (Lipinski definition) is 3. The lowest BCUT2D eigenvalue weighted by atomic mass is 9.95. The highest BCUT2D eigenvalue weighted by molar-refractivity contribution is 5.97. The Morgan fingerprint density at radius 2 is 2.15 bits per heavy atom. The number of benzene rings is 1. The van der Waals surface area contributed by atoms with Crippen molar-refractivity contribution >= 4 is 11.6 Å². The molecule has 0 aliphatic carbocycles. The van der Waals surface area contributed by atoms with E-state index in [1.807, 2.05) is 32.0 Å². The molecular weight excluding hydrogens is 252 g/mol. The quantitative estimate of drug-likeness (QED) is 0.773. The SMILES string of the molecule is CCC(O)(CC)CNC(=O)c1cccc2c1CCCN2. The first-order valence-corrected chi connectivity index (χ1v) is 7.46. The van der Waals surface area contributed by atoms with Crippen LogP contribution in [0.2, 0.25) is 0 Å². The second kappa shape index (κ2) is 6.27. The van der Waals surface area contributed by atoms with E-state index < -0.39 is 5.60 Å². The van der Waals surface area contributed by atoms with Gasteiger partial charge >= 0.3 is 0 Å². The van der Waals surface area contributed by atoms with E-state index in [-0.39, 0.29) is 5.91 Å². The topological polar surface area (TPSA) is 61.4 Å². The van der Waals surface area contributed by atoms with Crippen molar-refractivity contribution < 1.29 is 9.90 Å². The van der Waals surface area contributed by atoms with Crippen LogP contribution in [-0.4, -0.2) is 29.7 Å². The van der Waals surface area contributed by atoms with Crippen molar-refractivity contribution in [3.05, 3.63) is 29.3 Å². The summed E-state index contributed by atoms with van der Waals surface area (Å²) in [5, 5.41) is 16.4. The zero-order chi connectivity index (χ0) is 14.6. The smallest absolute Gasteiger partial charge is 0.251 e. The van der Waals surface area contributed by atoms with Crippen molar-refractivity contribution in [2.75, 3.05) is 18.4 Å². The van der Waals surface area contributed by atoms with Gasteiger partial charge in [0.25, 0.3) is 5.91 Å². The summed E-state index contributed by atoms with van der Waals surface area (Å²) in [6.45, 7) is 5.13. The predicted octanol–water partition coefficient (Wildman–Crippen LogP) is 2.33. The second-order valence-electron chi connectivity index (χ2n) is 5.48. The molecule has 0 atom stereocenters. The molecule has 0 radical (unpaired) electrons. The number of nitrogens with one attached hydrogen (secondary N) is 2. The molecule has 2 rings (SSSR count). The molecule has 0 bridgehead atoms. The fourth-order valence-electron chi connectivity index (χ4n) is 2.56. The highest BCUT2D eigenvalue weighted by Gasteiger charge is 2.24. The zero-order valence-electron chi connectivity index (χ0n) is 12.3. The Bertz CT molecular complexity index is 481. The number of carbonyl (C=O) groups excluding carboxylic acids is 1. The monoisotopic (exact) mass is 276 g/mol. The molecule has 1 aromatic carbocycles. The summed E-state index contributed by atoms with van der Waals surface area (Å²) in [7, 11) is 0. The third-order valence-corrected chi connectivity index (χ3v) is 4.23. The molecule has 1 amide bonds. The molecule has 3 N–H and O–H groups in total. The van der Waals surface area contributed by atoms with Crippen LogP contribution in [0.5, 0.6) is 0 Å². The van der Waals surface area contributed by atoms with Gasteiger partial charge in [-0.05, 0) is 43.4 Å². The summed E-state index contributed by atoms with van der Waals surface area (Å²) in [4.78, 5) is 12.3. The summed E-state index contributed by atoms with van der Waals surface area (Å²) >= 11 is 0. The highest BCUT2D eigenvalue weighted by Crippen LogP contribution is 2.25. The first-order chi connectivity index (χ1) is 9.59. The van der Waals surface area contributed by atoms with E-state index in [2.05, 4.69) is 10.6 Å². The molecular formula is C16H24N2O2. The minimum atomic E-state index is -0.803. The van der Waals surface area contributed by atoms with E-state index in [0.717, 1.165) is 36.2 Å². The summed E-state index contributed by atoms with van der Waals surface area (Å²) in [5.74, 6) is -0.0918. The van der Waals surface area contributed by atoms with Crippen LogP contribution in [0.4, 0.5) is 5.69 Å². The van der Waals surface area contributed by atoms with Gasteiger partial charge in [-0.25, -0.2) is 0 Å². The van der Waals surface area contributed by atoms with Crippen LogP contribution in [0.15, 0.2) is 18.2 Å². The molecule has 0 saturated carbocycles. The molecule has 1 heterocycles. The van der Waals surface area contributed by atoms with Crippen molar-refractivity contribution in [3.63, 3.8) is 0 Å². The first kappa shape index (κ1) is 14.9. The van der Waals surface area contributed by atoms with Crippen molar-refractivity contribution in [3.8, 4) is 0 Å². The van der Waals surface area contributed by atoms with Gasteiger partial charge in [-0.3, -0.25) is 4.79 Å². The average molecular weight is 276 g/mol. The summed E-state index contributed by atoms with van der Waals surface area (Å²) in [6, 6.07) is 5.77. The molecule has 110 valence electrons. The van der Waals surface area contributed by atoms with Gasteiger partial charge in [-0.2, -0.15) is 0 Å². The Kier molecular flexibility index (Phi) is 4.65. The third-order valence-electron chi connectivity index (χ3n) is 4.23. The van der Waals surface area contributed by atoms with Gasteiger partial charge in [0.05, 0.1) is 5.60 Å². The van der Waals surface area contributed by atoms with Gasteiger partial charge in [-0.15, -0.1) is 0 Å². The maximum Gasteiger partial charge on any atom is 0.251 e. The van der Waals surface area contributed by atoms with Crippen molar-refractivity contribution in [1.82, 2.24) is 5.32 Å². The van der Waals surface area contributed by atoms with E-state index in [1.54, 1.807) is 0 Å². The minimum absolute atomic E-state index is 0.0918. The number of aliphatic hydroxyl groups is 1. The van der Waals surface area contributed by atoms with E-state index in [4.69, 9.17) is 0 Å². The van der Waals surface area contributed by atoms with Gasteiger partial charge in [0.2, 0.25) is 0 Å². The first-order valence-electron chi connectivity index (χ1n) is 7.46. The van der Waals surface area contributed by atoms with Crippen LogP contribution >= 0.6 is 0 Å². The van der Waals surface area contributed by atoms with Gasteiger partial charge in [0.1, 0.15) is 0 Å². The molecule has 20 heavy (non-hydrogen) atoms. The van der Waals surface area contributed by atoms with Gasteiger partial charge in [0.15, 0.2) is 0 Å². The number of hydrogen-bond donors (Lipinski definition) is 3. The average Bonchev–Trinajstić information content (AvgIpc) is 2.51. The van der Waals surface area contributed by atoms with Crippen LogP contribution in [0.25, 0.3) is 0 Å². The number of amides is 1. The van der Waals surface area contributed by atoms with Crippen molar-refractivity contribution in [1.29, 1.82) is 0 Å². The molecule has 4 nitrogen and oxygen atoms in total. The lowest BCUT2D eigenvalue weighted by Gasteiger charge is -2.26. The Morgan fingerprint density at radius 3 is 2.85 bits per heavy atom. The van der Waals surface area contributed by atoms with Gasteiger partial charge in [0, 0.05) is 24.3 Å². The van der Waals surface area contributed by atoms with Crippen LogP contribution in [-0.2, 0) is 6.42 Å². The predicted molar refractivity (Wildman–Crippen MR) is 81.1 cm³/mol. The molecule has 1 aliphatic heterocycles. The summed E-state index contributed by atoms with van der Waals surface area (Å²) < 4.78 is 0. The lowest BCUT2D eigenvalue weighted by Crippen LogP contribution is -2.42. The molecule has 0 aromatic heterocycles. The van der Waals surface area contributed by atoms with Gasteiger partial charge < -0.3 is 15.7 Å². The second-order valence-corrected chi connectivity index (χ2v) is 5.48. The Labute approximate surface area is 120 Å². The Balaban J connectivity index is 2.10. The Hall–Kier alpha value is -1.55. The molecule has 0 fully saturated rings. The van der Waals surface area contributed by atoms with Crippen LogP contribution in [0.3, 0.4) is 0 Å². The molecule has 4 heteroatoms. The lowest BCUT2D eigenvalue weighted by molar-refractivity contribution is 0.0314. The largest absolute Gasteiger partial charge is 0.388 e. The van der Waals surface area contributed by atoms with Crippen LogP contribution in [0, 0.1) is 0 Å². The fraction of sp³-hybridized carbons (Fsp3) is 0.562. The number of fused-ring (bicyclic) bond motifs is 1. The maximum absolute atomic E-state index is 12.3. The van der Waals surface area contributed by atoms with E-state index >= 15 is 0 Å².